The maximum Gasteiger partial charge on any atom is 0.344 e. The van der Waals surface area contributed by atoms with E-state index in [1.807, 2.05) is 6.07 Å². The number of rotatable bonds is 4. The molecule has 1 atom stereocenters. The van der Waals surface area contributed by atoms with Crippen LogP contribution in [0, 0.1) is 6.92 Å². The molecule has 1 saturated heterocycles. The van der Waals surface area contributed by atoms with E-state index >= 15 is 0 Å². The molecule has 2 N–H and O–H groups in total. The van der Waals surface area contributed by atoms with Crippen molar-refractivity contribution in [1.82, 2.24) is 25.9 Å². The first-order valence-corrected chi connectivity index (χ1v) is 8.82. The molecule has 0 saturated carbocycles. The van der Waals surface area contributed by atoms with E-state index in [2.05, 4.69) is 20.9 Å². The number of nitrogens with one attached hydrogen (secondary N) is 2. The number of imide groups is 1. The van der Waals surface area contributed by atoms with E-state index in [9.17, 15) is 14.4 Å². The summed E-state index contributed by atoms with van der Waals surface area (Å²) in [6.45, 7) is 3.30. The van der Waals surface area contributed by atoms with Crippen LogP contribution in [0.15, 0.2) is 59.1 Å². The molecular weight excluding hydrogens is 374 g/mol. The molecule has 1 aliphatic rings. The predicted molar refractivity (Wildman–Crippen MR) is 101 cm³/mol. The second kappa shape index (κ2) is 6.86. The van der Waals surface area contributed by atoms with Gasteiger partial charge < -0.3 is 9.84 Å². The summed E-state index contributed by atoms with van der Waals surface area (Å²) in [6.07, 6.45) is 0. The number of hydrogen-bond donors (Lipinski definition) is 2. The summed E-state index contributed by atoms with van der Waals surface area (Å²) < 4.78 is 5.08. The number of urea groups is 1. The van der Waals surface area contributed by atoms with Gasteiger partial charge in [-0.2, -0.15) is 9.99 Å². The van der Waals surface area contributed by atoms with Crippen LogP contribution >= 0.6 is 0 Å². The average molecular weight is 391 g/mol. The predicted octanol–water partition coefficient (Wildman–Crippen LogP) is 2.16. The van der Waals surface area contributed by atoms with Crippen LogP contribution in [0.25, 0.3) is 11.5 Å². The molecule has 0 spiro atoms. The van der Waals surface area contributed by atoms with Gasteiger partial charge in [-0.15, -0.1) is 0 Å². The quantitative estimate of drug-likeness (QED) is 0.658. The third kappa shape index (κ3) is 3.22. The van der Waals surface area contributed by atoms with Crippen molar-refractivity contribution in [1.29, 1.82) is 0 Å². The number of nitrogens with zero attached hydrogens (tertiary/aromatic N) is 3. The second-order valence-electron chi connectivity index (χ2n) is 6.73. The zero-order chi connectivity index (χ0) is 20.6. The highest BCUT2D eigenvalue weighted by atomic mass is 16.5. The van der Waals surface area contributed by atoms with Gasteiger partial charge in [-0.3, -0.25) is 15.0 Å². The van der Waals surface area contributed by atoms with Crippen LogP contribution in [0.1, 0.15) is 28.7 Å². The number of aromatic nitrogens is 2. The van der Waals surface area contributed by atoms with E-state index in [1.165, 1.54) is 0 Å². The number of carbonyl (C=O) groups excluding carboxylic acids is 3. The Kier molecular flexibility index (Phi) is 4.34. The smallest absolute Gasteiger partial charge is 0.334 e. The van der Waals surface area contributed by atoms with Crippen molar-refractivity contribution in [3.05, 3.63) is 71.5 Å². The van der Waals surface area contributed by atoms with Crippen LogP contribution in [-0.4, -0.2) is 33.0 Å². The Balaban J connectivity index is 1.51. The largest absolute Gasteiger partial charge is 0.344 e. The zero-order valence-corrected chi connectivity index (χ0v) is 15.7. The Bertz CT molecular complexity index is 1090. The van der Waals surface area contributed by atoms with E-state index in [1.54, 1.807) is 62.4 Å². The number of hydrogen-bond acceptors (Lipinski definition) is 6. The Morgan fingerprint density at radius 1 is 1.10 bits per heavy atom. The van der Waals surface area contributed by atoms with Crippen LogP contribution in [0.5, 0.6) is 0 Å². The number of carbonyl (C=O) groups is 3. The lowest BCUT2D eigenvalue weighted by Gasteiger charge is -2.22. The van der Waals surface area contributed by atoms with Crippen molar-refractivity contribution in [2.24, 2.45) is 0 Å². The van der Waals surface area contributed by atoms with Crippen LogP contribution in [-0.2, 0) is 10.3 Å². The Morgan fingerprint density at radius 3 is 2.41 bits per heavy atom. The van der Waals surface area contributed by atoms with Gasteiger partial charge in [0, 0.05) is 11.1 Å². The minimum Gasteiger partial charge on any atom is -0.334 e. The lowest BCUT2D eigenvalue weighted by molar-refractivity contribution is -0.132. The molecule has 0 aliphatic carbocycles. The number of hydrazine groups is 1. The van der Waals surface area contributed by atoms with Crippen molar-refractivity contribution in [2.75, 3.05) is 0 Å². The molecule has 0 unspecified atom stereocenters. The fourth-order valence-electron chi connectivity index (χ4n) is 3.05. The van der Waals surface area contributed by atoms with E-state index < -0.39 is 23.4 Å². The molecule has 2 heterocycles. The lowest BCUT2D eigenvalue weighted by Crippen LogP contribution is -2.47. The zero-order valence-electron chi connectivity index (χ0n) is 15.7. The van der Waals surface area contributed by atoms with E-state index in [0.717, 1.165) is 0 Å². The maximum absolute atomic E-state index is 12.8. The molecule has 1 aromatic heterocycles. The van der Waals surface area contributed by atoms with Gasteiger partial charge >= 0.3 is 6.03 Å². The van der Waals surface area contributed by atoms with Crippen LogP contribution in [0.4, 0.5) is 4.79 Å². The second-order valence-corrected chi connectivity index (χ2v) is 6.73. The summed E-state index contributed by atoms with van der Waals surface area (Å²) in [7, 11) is 0. The monoisotopic (exact) mass is 391 g/mol. The number of aryl methyl sites for hydroxylation is 1. The van der Waals surface area contributed by atoms with E-state index in [4.69, 9.17) is 4.52 Å². The number of amides is 4. The number of benzene rings is 2. The molecule has 2 aromatic carbocycles. The Hall–Kier alpha value is -4.01. The highest BCUT2D eigenvalue weighted by molar-refractivity contribution is 6.09. The van der Waals surface area contributed by atoms with Crippen LogP contribution < -0.4 is 10.7 Å². The van der Waals surface area contributed by atoms with E-state index in [-0.39, 0.29) is 5.56 Å². The van der Waals surface area contributed by atoms with Crippen molar-refractivity contribution in [3.63, 3.8) is 0 Å². The van der Waals surface area contributed by atoms with Gasteiger partial charge in [0.05, 0.1) is 0 Å². The lowest BCUT2D eigenvalue weighted by atomic mass is 9.92. The Labute approximate surface area is 165 Å². The van der Waals surface area contributed by atoms with Crippen molar-refractivity contribution < 1.29 is 18.9 Å². The highest BCUT2D eigenvalue weighted by Crippen LogP contribution is 2.27. The van der Waals surface area contributed by atoms with Gasteiger partial charge in [0.25, 0.3) is 17.7 Å². The standard InChI is InChI=1S/C20H17N5O4/c1-12-21-17(29-24-12)14-10-8-13(9-11-14)16(26)23-25-18(27)20(2,22-19(25)28)15-6-4-3-5-7-15/h3-11H,1-2H3,(H,22,28)(H,23,26)/t20-/m1/s1. The molecule has 0 radical (unpaired) electrons. The first-order valence-electron chi connectivity index (χ1n) is 8.82. The van der Waals surface area contributed by atoms with Crippen molar-refractivity contribution in [3.8, 4) is 11.5 Å². The normalized spacial score (nSPS) is 18.6. The molecule has 1 fully saturated rings. The van der Waals surface area contributed by atoms with Gasteiger partial charge in [-0.1, -0.05) is 35.5 Å². The third-order valence-electron chi connectivity index (χ3n) is 4.68. The summed E-state index contributed by atoms with van der Waals surface area (Å²) in [4.78, 5) is 41.9. The third-order valence-corrected chi connectivity index (χ3v) is 4.68. The SMILES string of the molecule is Cc1noc(-c2ccc(C(=O)NN3C(=O)N[C@](C)(c4ccccc4)C3=O)cc2)n1. The van der Waals surface area contributed by atoms with Gasteiger partial charge in [0.2, 0.25) is 0 Å². The highest BCUT2D eigenvalue weighted by Gasteiger charge is 2.50. The van der Waals surface area contributed by atoms with Crippen molar-refractivity contribution in [2.45, 2.75) is 19.4 Å². The van der Waals surface area contributed by atoms with E-state index in [0.29, 0.717) is 27.9 Å². The molecule has 9 heteroatoms. The fourth-order valence-corrected chi connectivity index (χ4v) is 3.05. The summed E-state index contributed by atoms with van der Waals surface area (Å²) in [5, 5.41) is 7.05. The van der Waals surface area contributed by atoms with Gasteiger partial charge in [-0.05, 0) is 43.7 Å². The minimum atomic E-state index is -1.26. The van der Waals surface area contributed by atoms with Gasteiger partial charge in [0.1, 0.15) is 5.54 Å². The summed E-state index contributed by atoms with van der Waals surface area (Å²) in [5.74, 6) is -0.330. The first-order chi connectivity index (χ1) is 13.9. The van der Waals surface area contributed by atoms with Crippen LogP contribution in [0.2, 0.25) is 0 Å². The molecule has 0 bridgehead atoms. The minimum absolute atomic E-state index is 0.263. The van der Waals surface area contributed by atoms with Crippen LogP contribution in [0.3, 0.4) is 0 Å². The summed E-state index contributed by atoms with van der Waals surface area (Å²) in [6, 6.07) is 14.5. The molecule has 4 rings (SSSR count). The van der Waals surface area contributed by atoms with Crippen molar-refractivity contribution >= 4 is 17.8 Å². The average Bonchev–Trinajstić information content (AvgIpc) is 3.26. The summed E-state index contributed by atoms with van der Waals surface area (Å²) >= 11 is 0. The topological polar surface area (TPSA) is 117 Å². The molecule has 3 aromatic rings. The fraction of sp³-hybridized carbons (Fsp3) is 0.150. The molecule has 146 valence electrons. The van der Waals surface area contributed by atoms with Gasteiger partial charge in [0.15, 0.2) is 5.82 Å². The molecule has 9 nitrogen and oxygen atoms in total. The molecule has 1 aliphatic heterocycles. The Morgan fingerprint density at radius 2 is 1.79 bits per heavy atom. The molecular formula is C20H17N5O4. The summed E-state index contributed by atoms with van der Waals surface area (Å²) in [5.41, 5.74) is 2.64. The molecule has 29 heavy (non-hydrogen) atoms. The molecule has 4 amide bonds. The maximum atomic E-state index is 12.8. The van der Waals surface area contributed by atoms with Gasteiger partial charge in [-0.25, -0.2) is 4.79 Å². The first kappa shape index (κ1) is 18.4.